The molecule has 1 aromatic carbocycles. The summed E-state index contributed by atoms with van der Waals surface area (Å²) in [6.07, 6.45) is 1.57. The lowest BCUT2D eigenvalue weighted by Gasteiger charge is -2.07. The summed E-state index contributed by atoms with van der Waals surface area (Å²) in [5, 5.41) is 0.366. The van der Waals surface area contributed by atoms with Crippen LogP contribution in [0.1, 0.15) is 11.3 Å². The quantitative estimate of drug-likeness (QED) is 0.926. The van der Waals surface area contributed by atoms with Crippen LogP contribution in [0, 0.1) is 5.82 Å². The molecule has 0 bridgehead atoms. The lowest BCUT2D eigenvalue weighted by molar-refractivity contribution is 0.298. The Hall–Kier alpha value is -1.65. The van der Waals surface area contributed by atoms with Gasteiger partial charge in [0, 0.05) is 17.1 Å². The molecule has 94 valence electrons. The highest BCUT2D eigenvalue weighted by molar-refractivity contribution is 6.30. The first-order chi connectivity index (χ1) is 8.69. The molecule has 2 N–H and O–H groups in total. The van der Waals surface area contributed by atoms with Gasteiger partial charge in [-0.05, 0) is 24.3 Å². The van der Waals surface area contributed by atoms with Crippen molar-refractivity contribution in [3.05, 3.63) is 58.6 Å². The zero-order valence-corrected chi connectivity index (χ0v) is 10.3. The highest BCUT2D eigenvalue weighted by Crippen LogP contribution is 2.17. The molecule has 0 unspecified atom stereocenters. The molecule has 0 fully saturated rings. The van der Waals surface area contributed by atoms with Crippen molar-refractivity contribution in [2.75, 3.05) is 0 Å². The summed E-state index contributed by atoms with van der Waals surface area (Å²) in [7, 11) is 0. The average Bonchev–Trinajstić information content (AvgIpc) is 2.38. The first-order valence-electron chi connectivity index (χ1n) is 5.41. The van der Waals surface area contributed by atoms with E-state index in [4.69, 9.17) is 22.1 Å². The Kier molecular flexibility index (Phi) is 4.12. The fourth-order valence-corrected chi connectivity index (χ4v) is 1.58. The van der Waals surface area contributed by atoms with Crippen LogP contribution in [0.15, 0.2) is 36.5 Å². The number of benzene rings is 1. The summed E-state index contributed by atoms with van der Waals surface area (Å²) in [4.78, 5) is 4.08. The summed E-state index contributed by atoms with van der Waals surface area (Å²) >= 11 is 5.66. The molecule has 0 saturated carbocycles. The van der Waals surface area contributed by atoms with Crippen LogP contribution in [0.4, 0.5) is 4.39 Å². The normalized spacial score (nSPS) is 10.4. The average molecular weight is 267 g/mol. The highest BCUT2D eigenvalue weighted by Gasteiger charge is 2.04. The zero-order valence-electron chi connectivity index (χ0n) is 9.57. The zero-order chi connectivity index (χ0) is 13.0. The van der Waals surface area contributed by atoms with Crippen LogP contribution in [0.25, 0.3) is 0 Å². The van der Waals surface area contributed by atoms with Crippen LogP contribution in [0.2, 0.25) is 5.02 Å². The monoisotopic (exact) mass is 266 g/mol. The second-order valence-corrected chi connectivity index (χ2v) is 4.15. The molecular formula is C13H12ClFN2O. The molecule has 2 rings (SSSR count). The van der Waals surface area contributed by atoms with Gasteiger partial charge in [0.25, 0.3) is 0 Å². The van der Waals surface area contributed by atoms with Crippen molar-refractivity contribution in [2.45, 2.75) is 13.2 Å². The van der Waals surface area contributed by atoms with Gasteiger partial charge in [-0.3, -0.25) is 4.98 Å². The lowest BCUT2D eigenvalue weighted by Crippen LogP contribution is -2.01. The molecule has 0 atom stereocenters. The third-order valence-electron chi connectivity index (χ3n) is 2.42. The lowest BCUT2D eigenvalue weighted by atomic mass is 10.2. The first kappa shape index (κ1) is 12.8. The SMILES string of the molecule is NCc1ccc(OCc2ccc(Cl)cc2F)cn1. The molecule has 3 nitrogen and oxygen atoms in total. The maximum absolute atomic E-state index is 13.5. The van der Waals surface area contributed by atoms with E-state index in [0.29, 0.717) is 22.9 Å². The minimum Gasteiger partial charge on any atom is -0.487 e. The third-order valence-corrected chi connectivity index (χ3v) is 2.65. The summed E-state index contributed by atoms with van der Waals surface area (Å²) in [6.45, 7) is 0.513. The van der Waals surface area contributed by atoms with E-state index in [1.165, 1.54) is 6.07 Å². The number of halogens is 2. The van der Waals surface area contributed by atoms with Crippen molar-refractivity contribution in [3.63, 3.8) is 0 Å². The van der Waals surface area contributed by atoms with Crippen molar-refractivity contribution in [1.29, 1.82) is 0 Å². The topological polar surface area (TPSA) is 48.1 Å². The molecule has 2 aromatic rings. The van der Waals surface area contributed by atoms with Crippen LogP contribution in [-0.4, -0.2) is 4.98 Å². The number of hydrogen-bond acceptors (Lipinski definition) is 3. The molecule has 0 aliphatic rings. The van der Waals surface area contributed by atoms with Crippen LogP contribution in [0.5, 0.6) is 5.75 Å². The van der Waals surface area contributed by atoms with Gasteiger partial charge in [-0.2, -0.15) is 0 Å². The number of ether oxygens (including phenoxy) is 1. The number of pyridine rings is 1. The minimum atomic E-state index is -0.381. The van der Waals surface area contributed by atoms with Crippen molar-refractivity contribution < 1.29 is 9.13 Å². The first-order valence-corrected chi connectivity index (χ1v) is 5.78. The molecule has 0 aliphatic carbocycles. The van der Waals surface area contributed by atoms with Crippen molar-refractivity contribution in [2.24, 2.45) is 5.73 Å². The van der Waals surface area contributed by atoms with Gasteiger partial charge < -0.3 is 10.5 Å². The van der Waals surface area contributed by atoms with Gasteiger partial charge in [-0.1, -0.05) is 17.7 Å². The van der Waals surface area contributed by atoms with Crippen LogP contribution in [0.3, 0.4) is 0 Å². The van der Waals surface area contributed by atoms with E-state index in [1.54, 1.807) is 30.5 Å². The molecule has 1 heterocycles. The fraction of sp³-hybridized carbons (Fsp3) is 0.154. The molecule has 0 aliphatic heterocycles. The van der Waals surface area contributed by atoms with Crippen LogP contribution >= 0.6 is 11.6 Å². The molecule has 18 heavy (non-hydrogen) atoms. The summed E-state index contributed by atoms with van der Waals surface area (Å²) < 4.78 is 18.9. The van der Waals surface area contributed by atoms with E-state index in [9.17, 15) is 4.39 Å². The van der Waals surface area contributed by atoms with Gasteiger partial charge in [-0.25, -0.2) is 4.39 Å². The summed E-state index contributed by atoms with van der Waals surface area (Å²) in [5.41, 5.74) is 6.66. The second kappa shape index (κ2) is 5.80. The molecular weight excluding hydrogens is 255 g/mol. The van der Waals surface area contributed by atoms with Crippen LogP contribution in [-0.2, 0) is 13.2 Å². The molecule has 1 aromatic heterocycles. The Bertz CT molecular complexity index is 531. The van der Waals surface area contributed by atoms with E-state index in [2.05, 4.69) is 4.98 Å². The highest BCUT2D eigenvalue weighted by atomic mass is 35.5. The molecule has 0 spiro atoms. The second-order valence-electron chi connectivity index (χ2n) is 3.71. The maximum atomic E-state index is 13.5. The van der Waals surface area contributed by atoms with E-state index in [1.807, 2.05) is 0 Å². The van der Waals surface area contributed by atoms with E-state index in [-0.39, 0.29) is 12.4 Å². The van der Waals surface area contributed by atoms with E-state index in [0.717, 1.165) is 5.69 Å². The number of nitrogens with zero attached hydrogens (tertiary/aromatic N) is 1. The van der Waals surface area contributed by atoms with Crippen molar-refractivity contribution in [1.82, 2.24) is 4.98 Å². The number of aromatic nitrogens is 1. The smallest absolute Gasteiger partial charge is 0.138 e. The van der Waals surface area contributed by atoms with Gasteiger partial charge in [0.05, 0.1) is 11.9 Å². The molecule has 5 heteroatoms. The number of hydrogen-bond donors (Lipinski definition) is 1. The standard InChI is InChI=1S/C13H12ClFN2O/c14-10-2-1-9(13(15)5-10)8-18-12-4-3-11(6-16)17-7-12/h1-5,7H,6,8,16H2. The van der Waals surface area contributed by atoms with Gasteiger partial charge >= 0.3 is 0 Å². The van der Waals surface area contributed by atoms with Crippen molar-refractivity contribution >= 4 is 11.6 Å². The Morgan fingerprint density at radius 2 is 2.11 bits per heavy atom. The third kappa shape index (κ3) is 3.18. The molecule has 0 radical (unpaired) electrons. The number of nitrogens with two attached hydrogens (primary N) is 1. The largest absolute Gasteiger partial charge is 0.487 e. The van der Waals surface area contributed by atoms with Gasteiger partial charge in [0.2, 0.25) is 0 Å². The number of rotatable bonds is 4. The van der Waals surface area contributed by atoms with E-state index >= 15 is 0 Å². The maximum Gasteiger partial charge on any atom is 0.138 e. The van der Waals surface area contributed by atoms with Gasteiger partial charge in [-0.15, -0.1) is 0 Å². The fourth-order valence-electron chi connectivity index (χ4n) is 1.42. The Morgan fingerprint density at radius 3 is 2.72 bits per heavy atom. The van der Waals surface area contributed by atoms with Crippen molar-refractivity contribution in [3.8, 4) is 5.75 Å². The minimum absolute atomic E-state index is 0.132. The Morgan fingerprint density at radius 1 is 1.28 bits per heavy atom. The Labute approximate surface area is 109 Å². The van der Waals surface area contributed by atoms with E-state index < -0.39 is 0 Å². The van der Waals surface area contributed by atoms with Crippen LogP contribution < -0.4 is 10.5 Å². The summed E-state index contributed by atoms with van der Waals surface area (Å²) in [5.74, 6) is 0.190. The predicted molar refractivity (Wildman–Crippen MR) is 67.9 cm³/mol. The predicted octanol–water partition coefficient (Wildman–Crippen LogP) is 2.91. The Balaban J connectivity index is 2.02. The summed E-state index contributed by atoms with van der Waals surface area (Å²) in [6, 6.07) is 8.00. The van der Waals surface area contributed by atoms with Gasteiger partial charge in [0.15, 0.2) is 0 Å². The van der Waals surface area contributed by atoms with Gasteiger partial charge in [0.1, 0.15) is 18.2 Å². The molecule has 0 amide bonds. The molecule has 0 saturated heterocycles.